The van der Waals surface area contributed by atoms with Crippen LogP contribution in [0.5, 0.6) is 0 Å². The van der Waals surface area contributed by atoms with Gasteiger partial charge in [0.2, 0.25) is 8.32 Å². The van der Waals surface area contributed by atoms with Gasteiger partial charge in [-0.1, -0.05) is 51.1 Å². The highest BCUT2D eigenvalue weighted by Gasteiger charge is 2.38. The van der Waals surface area contributed by atoms with Gasteiger partial charge in [0.1, 0.15) is 0 Å². The maximum Gasteiger partial charge on any atom is 0.219 e. The number of rotatable bonds is 4. The molecule has 1 aromatic carbocycles. The average molecular weight is 251 g/mol. The molecule has 1 atom stereocenters. The van der Waals surface area contributed by atoms with Crippen molar-refractivity contribution < 1.29 is 4.53 Å². The number of nitrogens with one attached hydrogen (secondary N) is 1. The third-order valence-electron chi connectivity index (χ3n) is 3.60. The molecular formula is C14H25NOSi. The normalized spacial score (nSPS) is 14.7. The summed E-state index contributed by atoms with van der Waals surface area (Å²) in [6.45, 7) is 13.4. The summed E-state index contributed by atoms with van der Waals surface area (Å²) in [6, 6.07) is 10.6. The molecule has 96 valence electrons. The van der Waals surface area contributed by atoms with Crippen LogP contribution in [0.25, 0.3) is 0 Å². The number of hydrogen-bond donors (Lipinski definition) is 1. The van der Waals surface area contributed by atoms with Crippen molar-refractivity contribution in [2.75, 3.05) is 0 Å². The van der Waals surface area contributed by atoms with Crippen LogP contribution in [0.15, 0.2) is 30.3 Å². The predicted octanol–water partition coefficient (Wildman–Crippen LogP) is 4.27. The molecule has 0 amide bonds. The third-order valence-corrected chi connectivity index (χ3v) is 7.84. The zero-order valence-corrected chi connectivity index (χ0v) is 12.9. The molecule has 3 heteroatoms. The van der Waals surface area contributed by atoms with Crippen LogP contribution in [0.3, 0.4) is 0 Å². The Morgan fingerprint density at radius 1 is 1.12 bits per heavy atom. The van der Waals surface area contributed by atoms with Gasteiger partial charge in [0.25, 0.3) is 0 Å². The smallest absolute Gasteiger partial charge is 0.219 e. The molecule has 17 heavy (non-hydrogen) atoms. The fourth-order valence-electron chi connectivity index (χ4n) is 1.20. The van der Waals surface area contributed by atoms with Crippen molar-refractivity contribution in [3.05, 3.63) is 35.9 Å². The van der Waals surface area contributed by atoms with Crippen molar-refractivity contribution in [1.29, 1.82) is 0 Å². The van der Waals surface area contributed by atoms with Crippen LogP contribution in [0.1, 0.15) is 39.3 Å². The largest absolute Gasteiger partial charge is 0.345 e. The standard InChI is InChI=1S/C14H25NOSi/c1-12(13-10-8-7-9-11-13)15-16-17(5,6)14(2,3)4/h7-12,15H,1-6H3/t12-/m1/s1. The summed E-state index contributed by atoms with van der Waals surface area (Å²) >= 11 is 0. The van der Waals surface area contributed by atoms with E-state index in [1.165, 1.54) is 5.56 Å². The van der Waals surface area contributed by atoms with Gasteiger partial charge in [0.15, 0.2) is 0 Å². The van der Waals surface area contributed by atoms with Gasteiger partial charge in [-0.05, 0) is 30.6 Å². The van der Waals surface area contributed by atoms with E-state index in [4.69, 9.17) is 4.53 Å². The summed E-state index contributed by atoms with van der Waals surface area (Å²) in [4.78, 5) is 0. The second-order valence-electron chi connectivity index (χ2n) is 6.11. The molecule has 2 nitrogen and oxygen atoms in total. The first-order valence-corrected chi connectivity index (χ1v) is 9.13. The molecule has 0 saturated carbocycles. The molecule has 0 aliphatic carbocycles. The maximum absolute atomic E-state index is 6.00. The first-order valence-electron chi connectivity index (χ1n) is 6.22. The molecule has 1 N–H and O–H groups in total. The number of hydroxylamine groups is 1. The fourth-order valence-corrected chi connectivity index (χ4v) is 1.98. The molecule has 1 rings (SSSR count). The Kier molecular flexibility index (Phi) is 4.53. The van der Waals surface area contributed by atoms with E-state index in [2.05, 4.69) is 70.5 Å². The third kappa shape index (κ3) is 3.94. The molecule has 1 aromatic rings. The van der Waals surface area contributed by atoms with Crippen molar-refractivity contribution in [3.8, 4) is 0 Å². The minimum absolute atomic E-state index is 0.227. The zero-order chi connectivity index (χ0) is 13.1. The van der Waals surface area contributed by atoms with Gasteiger partial charge < -0.3 is 4.53 Å². The van der Waals surface area contributed by atoms with E-state index in [0.717, 1.165) is 0 Å². The van der Waals surface area contributed by atoms with Crippen LogP contribution in [0.4, 0.5) is 0 Å². The first-order chi connectivity index (χ1) is 7.74. The summed E-state index contributed by atoms with van der Waals surface area (Å²) in [6.07, 6.45) is 0. The molecule has 0 bridgehead atoms. The molecular weight excluding hydrogens is 226 g/mol. The lowest BCUT2D eigenvalue weighted by atomic mass is 10.1. The molecule has 0 unspecified atom stereocenters. The number of benzene rings is 1. The predicted molar refractivity (Wildman–Crippen MR) is 76.3 cm³/mol. The second-order valence-corrected chi connectivity index (χ2v) is 10.8. The Bertz CT molecular complexity index is 343. The second kappa shape index (κ2) is 5.34. The minimum atomic E-state index is -1.71. The summed E-state index contributed by atoms with van der Waals surface area (Å²) in [5.41, 5.74) is 4.46. The summed E-state index contributed by atoms with van der Waals surface area (Å²) in [5, 5.41) is 0.233. The Labute approximate surface area is 106 Å². The lowest BCUT2D eigenvalue weighted by molar-refractivity contribution is 0.142. The Morgan fingerprint density at radius 2 is 1.65 bits per heavy atom. The van der Waals surface area contributed by atoms with Crippen molar-refractivity contribution in [2.24, 2.45) is 0 Å². The average Bonchev–Trinajstić information content (AvgIpc) is 2.25. The monoisotopic (exact) mass is 251 g/mol. The van der Waals surface area contributed by atoms with E-state index >= 15 is 0 Å². The van der Waals surface area contributed by atoms with Crippen LogP contribution in [0.2, 0.25) is 18.1 Å². The SMILES string of the molecule is C[C@@H](NO[Si](C)(C)C(C)(C)C)c1ccccc1. The van der Waals surface area contributed by atoms with E-state index in [-0.39, 0.29) is 11.1 Å². The Balaban J connectivity index is 2.58. The van der Waals surface area contributed by atoms with E-state index in [0.29, 0.717) is 0 Å². The van der Waals surface area contributed by atoms with Gasteiger partial charge in [-0.2, -0.15) is 0 Å². The topological polar surface area (TPSA) is 21.3 Å². The van der Waals surface area contributed by atoms with Gasteiger partial charge in [-0.15, -0.1) is 0 Å². The van der Waals surface area contributed by atoms with Gasteiger partial charge in [-0.3, -0.25) is 0 Å². The highest BCUT2D eigenvalue weighted by Crippen LogP contribution is 2.36. The first kappa shape index (κ1) is 14.4. The van der Waals surface area contributed by atoms with Gasteiger partial charge >= 0.3 is 0 Å². The lowest BCUT2D eigenvalue weighted by Crippen LogP contribution is -2.45. The Hall–Kier alpha value is -0.643. The van der Waals surface area contributed by atoms with E-state index in [1.807, 2.05) is 6.07 Å². The van der Waals surface area contributed by atoms with Crippen LogP contribution < -0.4 is 5.48 Å². The molecule has 0 spiro atoms. The molecule has 0 aliphatic heterocycles. The van der Waals surface area contributed by atoms with E-state index in [1.54, 1.807) is 0 Å². The van der Waals surface area contributed by atoms with Crippen LogP contribution in [0, 0.1) is 0 Å². The van der Waals surface area contributed by atoms with Crippen LogP contribution in [-0.2, 0) is 4.53 Å². The van der Waals surface area contributed by atoms with Crippen molar-refractivity contribution in [2.45, 2.75) is 51.9 Å². The molecule has 0 heterocycles. The molecule has 0 saturated heterocycles. The van der Waals surface area contributed by atoms with Crippen molar-refractivity contribution in [1.82, 2.24) is 5.48 Å². The molecule has 0 aliphatic rings. The van der Waals surface area contributed by atoms with Crippen LogP contribution >= 0.6 is 0 Å². The summed E-state index contributed by atoms with van der Waals surface area (Å²) in [5.74, 6) is 0. The van der Waals surface area contributed by atoms with Gasteiger partial charge in [0.05, 0.1) is 6.04 Å². The van der Waals surface area contributed by atoms with E-state index < -0.39 is 8.32 Å². The number of hydrogen-bond acceptors (Lipinski definition) is 2. The lowest BCUT2D eigenvalue weighted by Gasteiger charge is -2.36. The van der Waals surface area contributed by atoms with E-state index in [9.17, 15) is 0 Å². The zero-order valence-electron chi connectivity index (χ0n) is 11.9. The highest BCUT2D eigenvalue weighted by atomic mass is 28.4. The molecule has 0 fully saturated rings. The van der Waals surface area contributed by atoms with Crippen molar-refractivity contribution in [3.63, 3.8) is 0 Å². The summed E-state index contributed by atoms with van der Waals surface area (Å²) < 4.78 is 6.00. The fraction of sp³-hybridized carbons (Fsp3) is 0.571. The quantitative estimate of drug-likeness (QED) is 0.637. The maximum atomic E-state index is 6.00. The van der Waals surface area contributed by atoms with Crippen LogP contribution in [-0.4, -0.2) is 8.32 Å². The Morgan fingerprint density at radius 3 is 2.12 bits per heavy atom. The summed E-state index contributed by atoms with van der Waals surface area (Å²) in [7, 11) is -1.71. The van der Waals surface area contributed by atoms with Gasteiger partial charge in [-0.25, -0.2) is 5.48 Å². The highest BCUT2D eigenvalue weighted by molar-refractivity contribution is 6.74. The van der Waals surface area contributed by atoms with Crippen molar-refractivity contribution >= 4 is 8.32 Å². The molecule has 0 aromatic heterocycles. The van der Waals surface area contributed by atoms with Gasteiger partial charge in [0, 0.05) is 0 Å². The molecule has 0 radical (unpaired) electrons. The minimum Gasteiger partial charge on any atom is -0.345 e.